The van der Waals surface area contributed by atoms with Crippen molar-refractivity contribution in [3.8, 4) is 23.0 Å². The molecule has 0 aromatic heterocycles. The van der Waals surface area contributed by atoms with Crippen LogP contribution in [0.2, 0.25) is 0 Å². The molecule has 2 aromatic rings. The van der Waals surface area contributed by atoms with Crippen LogP contribution in [-0.2, 0) is 4.79 Å². The summed E-state index contributed by atoms with van der Waals surface area (Å²) >= 11 is 0. The zero-order chi connectivity index (χ0) is 20.4. The molecule has 0 amide bonds. The number of methoxy groups -OCH3 is 2. The summed E-state index contributed by atoms with van der Waals surface area (Å²) in [6, 6.07) is 8.17. The molecular formula is C20H23N3O5. The molecule has 1 atom stereocenters. The molecule has 0 fully saturated rings. The molecule has 3 rings (SSSR count). The van der Waals surface area contributed by atoms with E-state index in [1.807, 2.05) is 13.8 Å². The SMILES string of the molecule is COc1ccc(N2C(c3cc(C(C)C)c(O)cc3O)=NNC2C=O)cc1OC. The fraction of sp³-hybridized carbons (Fsp3) is 0.300. The van der Waals surface area contributed by atoms with Crippen LogP contribution in [0.5, 0.6) is 23.0 Å². The summed E-state index contributed by atoms with van der Waals surface area (Å²) in [4.78, 5) is 13.3. The van der Waals surface area contributed by atoms with Gasteiger partial charge in [-0.1, -0.05) is 13.8 Å². The topological polar surface area (TPSA) is 104 Å². The number of aromatic hydroxyl groups is 2. The Morgan fingerprint density at radius 1 is 1.11 bits per heavy atom. The molecule has 2 aromatic carbocycles. The molecule has 0 saturated carbocycles. The quantitative estimate of drug-likeness (QED) is 0.657. The number of amidine groups is 1. The van der Waals surface area contributed by atoms with Gasteiger partial charge >= 0.3 is 0 Å². The number of nitrogens with zero attached hydrogens (tertiary/aromatic N) is 2. The number of carbonyl (C=O) groups is 1. The van der Waals surface area contributed by atoms with Gasteiger partial charge in [0, 0.05) is 17.8 Å². The predicted molar refractivity (Wildman–Crippen MR) is 105 cm³/mol. The Labute approximate surface area is 163 Å². The number of aldehydes is 1. The molecule has 1 unspecified atom stereocenters. The van der Waals surface area contributed by atoms with Gasteiger partial charge in [0.15, 0.2) is 29.8 Å². The lowest BCUT2D eigenvalue weighted by molar-refractivity contribution is -0.109. The van der Waals surface area contributed by atoms with E-state index in [-0.39, 0.29) is 17.4 Å². The average Bonchev–Trinajstić information content (AvgIpc) is 3.10. The van der Waals surface area contributed by atoms with E-state index < -0.39 is 6.17 Å². The van der Waals surface area contributed by atoms with Crippen LogP contribution in [0.1, 0.15) is 30.9 Å². The third kappa shape index (κ3) is 3.28. The van der Waals surface area contributed by atoms with Crippen LogP contribution in [-0.4, -0.2) is 42.7 Å². The lowest BCUT2D eigenvalue weighted by atomic mass is 9.98. The number of rotatable bonds is 6. The molecule has 0 saturated heterocycles. The number of hydrogen-bond acceptors (Lipinski definition) is 8. The number of nitrogens with one attached hydrogen (secondary N) is 1. The first-order valence-corrected chi connectivity index (χ1v) is 8.77. The van der Waals surface area contributed by atoms with Crippen LogP contribution in [0, 0.1) is 0 Å². The van der Waals surface area contributed by atoms with Crippen LogP contribution in [0.25, 0.3) is 0 Å². The van der Waals surface area contributed by atoms with E-state index >= 15 is 0 Å². The highest BCUT2D eigenvalue weighted by Gasteiger charge is 2.32. The maximum absolute atomic E-state index is 11.6. The summed E-state index contributed by atoms with van der Waals surface area (Å²) in [7, 11) is 3.06. The van der Waals surface area contributed by atoms with E-state index in [2.05, 4.69) is 10.5 Å². The molecule has 3 N–H and O–H groups in total. The molecule has 28 heavy (non-hydrogen) atoms. The van der Waals surface area contributed by atoms with Crippen molar-refractivity contribution in [1.29, 1.82) is 0 Å². The lowest BCUT2D eigenvalue weighted by Crippen LogP contribution is -2.41. The number of carbonyl (C=O) groups excluding carboxylic acids is 1. The smallest absolute Gasteiger partial charge is 0.177 e. The molecule has 148 valence electrons. The van der Waals surface area contributed by atoms with Gasteiger partial charge in [0.05, 0.1) is 19.8 Å². The van der Waals surface area contributed by atoms with Gasteiger partial charge in [-0.05, 0) is 29.7 Å². The van der Waals surface area contributed by atoms with Crippen LogP contribution >= 0.6 is 0 Å². The first-order chi connectivity index (χ1) is 13.4. The number of benzene rings is 2. The summed E-state index contributed by atoms with van der Waals surface area (Å²) in [6.07, 6.45) is -0.0441. The summed E-state index contributed by atoms with van der Waals surface area (Å²) in [5, 5.41) is 24.8. The van der Waals surface area contributed by atoms with Crippen molar-refractivity contribution in [3.63, 3.8) is 0 Å². The van der Waals surface area contributed by atoms with Gasteiger partial charge in [-0.2, -0.15) is 5.10 Å². The summed E-state index contributed by atoms with van der Waals surface area (Å²) in [6.45, 7) is 3.87. The number of hydrogen-bond donors (Lipinski definition) is 3. The fourth-order valence-corrected chi connectivity index (χ4v) is 3.15. The molecule has 0 aliphatic carbocycles. The normalized spacial score (nSPS) is 16.0. The Morgan fingerprint density at radius 2 is 1.82 bits per heavy atom. The van der Waals surface area contributed by atoms with Gasteiger partial charge in [0.25, 0.3) is 0 Å². The number of phenols is 2. The predicted octanol–water partition coefficient (Wildman–Crippen LogP) is 2.53. The number of hydrazone groups is 1. The van der Waals surface area contributed by atoms with Crippen LogP contribution < -0.4 is 19.8 Å². The largest absolute Gasteiger partial charge is 0.508 e. The Balaban J connectivity index is 2.12. The first-order valence-electron chi connectivity index (χ1n) is 8.77. The lowest BCUT2D eigenvalue weighted by Gasteiger charge is -2.25. The molecule has 8 nitrogen and oxygen atoms in total. The molecule has 1 heterocycles. The average molecular weight is 385 g/mol. The highest BCUT2D eigenvalue weighted by atomic mass is 16.5. The Kier molecular flexibility index (Phi) is 5.30. The number of phenolic OH excluding ortho intramolecular Hbond substituents is 2. The van der Waals surface area contributed by atoms with E-state index in [0.717, 1.165) is 0 Å². The van der Waals surface area contributed by atoms with Gasteiger partial charge in [-0.15, -0.1) is 0 Å². The summed E-state index contributed by atoms with van der Waals surface area (Å²) in [5.41, 5.74) is 4.44. The standard InChI is InChI=1S/C20H23N3O5/c1-11(2)13-8-14(16(26)9-15(13)25)20-22-21-19(10-24)23(20)12-5-6-17(27-3)18(7-12)28-4/h5-11,19,21,25-26H,1-4H3. The third-order valence-corrected chi connectivity index (χ3v) is 4.59. The monoisotopic (exact) mass is 385 g/mol. The first kappa shape index (κ1) is 19.3. The van der Waals surface area contributed by atoms with Crippen LogP contribution in [0.15, 0.2) is 35.4 Å². The zero-order valence-corrected chi connectivity index (χ0v) is 16.1. The van der Waals surface area contributed by atoms with E-state index in [4.69, 9.17) is 9.47 Å². The van der Waals surface area contributed by atoms with Crippen molar-refractivity contribution >= 4 is 17.8 Å². The molecule has 1 aliphatic rings. The second-order valence-corrected chi connectivity index (χ2v) is 6.64. The zero-order valence-electron chi connectivity index (χ0n) is 16.1. The summed E-state index contributed by atoms with van der Waals surface area (Å²) < 4.78 is 10.6. The van der Waals surface area contributed by atoms with E-state index in [1.165, 1.54) is 20.3 Å². The van der Waals surface area contributed by atoms with Gasteiger partial charge in [0.1, 0.15) is 11.5 Å². The van der Waals surface area contributed by atoms with Crippen molar-refractivity contribution in [2.75, 3.05) is 19.1 Å². The second-order valence-electron chi connectivity index (χ2n) is 6.64. The number of anilines is 1. The van der Waals surface area contributed by atoms with Crippen molar-refractivity contribution in [2.45, 2.75) is 25.9 Å². The minimum absolute atomic E-state index is 0.00686. The molecule has 0 bridgehead atoms. The van der Waals surface area contributed by atoms with Gasteiger partial charge in [0.2, 0.25) is 0 Å². The van der Waals surface area contributed by atoms with Gasteiger partial charge < -0.3 is 19.7 Å². The number of ether oxygens (including phenoxy) is 2. The van der Waals surface area contributed by atoms with E-state index in [1.54, 1.807) is 29.2 Å². The molecule has 0 spiro atoms. The molecule has 0 radical (unpaired) electrons. The van der Waals surface area contributed by atoms with Crippen molar-refractivity contribution < 1.29 is 24.5 Å². The second kappa shape index (κ2) is 7.67. The summed E-state index contributed by atoms with van der Waals surface area (Å²) in [5.74, 6) is 1.30. The van der Waals surface area contributed by atoms with Crippen LogP contribution in [0.3, 0.4) is 0 Å². The maximum Gasteiger partial charge on any atom is 0.177 e. The molecule has 1 aliphatic heterocycles. The Hall–Kier alpha value is -3.42. The fourth-order valence-electron chi connectivity index (χ4n) is 3.15. The van der Waals surface area contributed by atoms with Gasteiger partial charge in [-0.25, -0.2) is 0 Å². The van der Waals surface area contributed by atoms with Crippen molar-refractivity contribution in [1.82, 2.24) is 5.43 Å². The van der Waals surface area contributed by atoms with Crippen molar-refractivity contribution in [2.24, 2.45) is 5.10 Å². The van der Waals surface area contributed by atoms with Gasteiger partial charge in [-0.3, -0.25) is 15.1 Å². The molecule has 8 heteroatoms. The molecular weight excluding hydrogens is 362 g/mol. The minimum Gasteiger partial charge on any atom is -0.508 e. The Bertz CT molecular complexity index is 926. The highest BCUT2D eigenvalue weighted by Crippen LogP contribution is 2.37. The van der Waals surface area contributed by atoms with Crippen LogP contribution in [0.4, 0.5) is 5.69 Å². The maximum atomic E-state index is 11.6. The Morgan fingerprint density at radius 3 is 2.43 bits per heavy atom. The third-order valence-electron chi connectivity index (χ3n) is 4.59. The highest BCUT2D eigenvalue weighted by molar-refractivity contribution is 6.14. The van der Waals surface area contributed by atoms with E-state index in [0.29, 0.717) is 40.4 Å². The van der Waals surface area contributed by atoms with Crippen molar-refractivity contribution in [3.05, 3.63) is 41.5 Å². The minimum atomic E-state index is -0.760. The van der Waals surface area contributed by atoms with E-state index in [9.17, 15) is 15.0 Å².